The number of alkyl halides is 2. The van der Waals surface area contributed by atoms with Crippen LogP contribution in [-0.2, 0) is 29.3 Å². The van der Waals surface area contributed by atoms with Gasteiger partial charge in [0.05, 0.1) is 16.6 Å². The summed E-state index contributed by atoms with van der Waals surface area (Å²) >= 11 is 1.44. The highest BCUT2D eigenvalue weighted by atomic mass is 32.2. The molecule has 0 fully saturated rings. The van der Waals surface area contributed by atoms with Gasteiger partial charge in [-0.25, -0.2) is 13.4 Å². The van der Waals surface area contributed by atoms with Crippen molar-refractivity contribution >= 4 is 27.0 Å². The Hall–Kier alpha value is -2.69. The lowest BCUT2D eigenvalue weighted by molar-refractivity contribution is -0.0498. The van der Waals surface area contributed by atoms with E-state index in [0.717, 1.165) is 28.1 Å². The summed E-state index contributed by atoms with van der Waals surface area (Å²) in [5.41, 5.74) is 2.85. The molecular formula is C27H30F2N2O4S2. The lowest BCUT2D eigenvalue weighted by atomic mass is 9.96. The predicted octanol–water partition coefficient (Wildman–Crippen LogP) is 6.07. The van der Waals surface area contributed by atoms with E-state index in [4.69, 9.17) is 4.98 Å². The van der Waals surface area contributed by atoms with Crippen molar-refractivity contribution < 1.29 is 26.7 Å². The maximum Gasteiger partial charge on any atom is 0.387 e. The summed E-state index contributed by atoms with van der Waals surface area (Å²) in [6.45, 7) is 2.77. The summed E-state index contributed by atoms with van der Waals surface area (Å²) < 4.78 is 52.6. The summed E-state index contributed by atoms with van der Waals surface area (Å²) in [5.74, 6) is 0.436. The van der Waals surface area contributed by atoms with E-state index in [1.807, 2.05) is 0 Å². The zero-order chi connectivity index (χ0) is 26.7. The largest absolute Gasteiger partial charge is 0.435 e. The van der Waals surface area contributed by atoms with Gasteiger partial charge in [-0.3, -0.25) is 9.69 Å². The average molecular weight is 549 g/mol. The number of rotatable bonds is 11. The van der Waals surface area contributed by atoms with Crippen LogP contribution in [0.15, 0.2) is 53.4 Å². The number of aryl methyl sites for hydroxylation is 1. The minimum absolute atomic E-state index is 0.0179. The van der Waals surface area contributed by atoms with E-state index in [2.05, 4.69) is 23.5 Å². The van der Waals surface area contributed by atoms with E-state index >= 15 is 0 Å². The van der Waals surface area contributed by atoms with Crippen LogP contribution in [0.2, 0.25) is 0 Å². The molecule has 2 heterocycles. The molecule has 1 aromatic heterocycles. The van der Waals surface area contributed by atoms with Crippen LogP contribution in [0.4, 0.5) is 8.78 Å². The van der Waals surface area contributed by atoms with Crippen LogP contribution in [0.5, 0.6) is 5.75 Å². The third-order valence-electron chi connectivity index (χ3n) is 6.70. The molecule has 0 N–H and O–H groups in total. The number of halogens is 2. The zero-order valence-electron chi connectivity index (χ0n) is 21.0. The first-order valence-corrected chi connectivity index (χ1v) is 14.9. The normalized spacial score (nSPS) is 16.6. The van der Waals surface area contributed by atoms with Gasteiger partial charge in [0, 0.05) is 30.6 Å². The number of carbonyl (C=O) groups excluding carboxylic acids is 1. The van der Waals surface area contributed by atoms with Crippen LogP contribution < -0.4 is 4.74 Å². The van der Waals surface area contributed by atoms with Gasteiger partial charge in [-0.15, -0.1) is 11.3 Å². The van der Waals surface area contributed by atoms with Gasteiger partial charge in [0.15, 0.2) is 20.6 Å². The van der Waals surface area contributed by atoms with Crippen LogP contribution in [-0.4, -0.2) is 37.0 Å². The third kappa shape index (κ3) is 6.61. The molecule has 0 amide bonds. The number of sulfone groups is 1. The van der Waals surface area contributed by atoms with Crippen LogP contribution in [0.25, 0.3) is 0 Å². The van der Waals surface area contributed by atoms with Gasteiger partial charge in [-0.2, -0.15) is 8.78 Å². The molecule has 0 saturated heterocycles. The molecule has 0 unspecified atom stereocenters. The Morgan fingerprint density at radius 3 is 2.38 bits per heavy atom. The molecule has 0 bridgehead atoms. The molecule has 1 aliphatic rings. The summed E-state index contributed by atoms with van der Waals surface area (Å²) in [5, 5.41) is 0.513. The zero-order valence-corrected chi connectivity index (χ0v) is 22.6. The van der Waals surface area contributed by atoms with E-state index in [1.54, 1.807) is 48.5 Å². The van der Waals surface area contributed by atoms with Crippen molar-refractivity contribution in [3.8, 4) is 5.75 Å². The molecule has 0 spiro atoms. The van der Waals surface area contributed by atoms with Crippen LogP contribution in [0, 0.1) is 5.92 Å². The number of nitrogens with zero attached hydrogens (tertiary/aromatic N) is 2. The Morgan fingerprint density at radius 2 is 1.78 bits per heavy atom. The number of benzene rings is 2. The summed E-state index contributed by atoms with van der Waals surface area (Å²) in [6.07, 6.45) is 2.93. The second kappa shape index (κ2) is 11.4. The number of hydrogen-bond donors (Lipinski definition) is 0. The highest BCUT2D eigenvalue weighted by molar-refractivity contribution is 7.90. The summed E-state index contributed by atoms with van der Waals surface area (Å²) in [4.78, 5) is 21.4. The molecule has 0 saturated carbocycles. The topological polar surface area (TPSA) is 76.6 Å². The number of carbonyl (C=O) groups is 1. The van der Waals surface area contributed by atoms with E-state index < -0.39 is 16.4 Å². The Labute approximate surface area is 220 Å². The van der Waals surface area contributed by atoms with E-state index in [1.165, 1.54) is 17.6 Å². The van der Waals surface area contributed by atoms with E-state index in [-0.39, 0.29) is 22.5 Å². The van der Waals surface area contributed by atoms with Gasteiger partial charge in [-0.05, 0) is 47.7 Å². The number of Topliss-reactive ketones (excluding diaryl/α,β-unsaturated/α-hetero) is 1. The molecule has 0 aliphatic carbocycles. The minimum atomic E-state index is -3.25. The van der Waals surface area contributed by atoms with Crippen molar-refractivity contribution in [3.63, 3.8) is 0 Å². The molecule has 3 aromatic rings. The number of aromatic nitrogens is 1. The molecule has 37 heavy (non-hydrogen) atoms. The Kier molecular flexibility index (Phi) is 8.40. The fourth-order valence-corrected chi connectivity index (χ4v) is 6.29. The predicted molar refractivity (Wildman–Crippen MR) is 139 cm³/mol. The smallest absolute Gasteiger partial charge is 0.387 e. The van der Waals surface area contributed by atoms with Gasteiger partial charge in [0.25, 0.3) is 0 Å². The van der Waals surface area contributed by atoms with Crippen molar-refractivity contribution in [2.75, 3.05) is 6.26 Å². The number of thiazole rings is 1. The van der Waals surface area contributed by atoms with Crippen molar-refractivity contribution in [2.24, 2.45) is 5.92 Å². The van der Waals surface area contributed by atoms with Crippen molar-refractivity contribution in [1.82, 2.24) is 9.88 Å². The quantitative estimate of drug-likeness (QED) is 0.271. The fourth-order valence-electron chi connectivity index (χ4n) is 4.57. The molecule has 2 atom stereocenters. The average Bonchev–Trinajstić information content (AvgIpc) is 3.40. The summed E-state index contributed by atoms with van der Waals surface area (Å²) in [6, 6.07) is 13.4. The Morgan fingerprint density at radius 1 is 1.14 bits per heavy atom. The maximum absolute atomic E-state index is 12.9. The number of ether oxygens (including phenoxy) is 1. The fraction of sp³-hybridized carbons (Fsp3) is 0.407. The second-order valence-electron chi connectivity index (χ2n) is 9.42. The highest BCUT2D eigenvalue weighted by Crippen LogP contribution is 2.43. The lowest BCUT2D eigenvalue weighted by Gasteiger charge is -2.29. The molecule has 1 aliphatic heterocycles. The van der Waals surface area contributed by atoms with E-state index in [0.29, 0.717) is 36.9 Å². The SMILES string of the molecule is CC[C@H](C)[C@H]1c2nc(C(=O)CCc3ccc(S(C)(=O)=O)cc3)sc2CN1Cc1ccc(OC(F)F)cc1. The lowest BCUT2D eigenvalue weighted by Crippen LogP contribution is -2.27. The number of hydrogen-bond acceptors (Lipinski definition) is 7. The Bertz CT molecular complexity index is 1340. The van der Waals surface area contributed by atoms with Gasteiger partial charge < -0.3 is 4.74 Å². The molecule has 6 nitrogen and oxygen atoms in total. The molecule has 2 aromatic carbocycles. The van der Waals surface area contributed by atoms with Crippen LogP contribution >= 0.6 is 11.3 Å². The Balaban J connectivity index is 1.43. The van der Waals surface area contributed by atoms with Crippen LogP contribution in [0.1, 0.15) is 64.2 Å². The summed E-state index contributed by atoms with van der Waals surface area (Å²) in [7, 11) is -3.25. The monoisotopic (exact) mass is 548 g/mol. The van der Waals surface area contributed by atoms with Gasteiger partial charge >= 0.3 is 6.61 Å². The molecule has 198 valence electrons. The van der Waals surface area contributed by atoms with Crippen molar-refractivity contribution in [3.05, 3.63) is 75.2 Å². The molecular weight excluding hydrogens is 518 g/mol. The van der Waals surface area contributed by atoms with Gasteiger partial charge in [0.2, 0.25) is 0 Å². The van der Waals surface area contributed by atoms with E-state index in [9.17, 15) is 22.0 Å². The van der Waals surface area contributed by atoms with Gasteiger partial charge in [0.1, 0.15) is 5.75 Å². The second-order valence-corrected chi connectivity index (χ2v) is 12.5. The first-order chi connectivity index (χ1) is 17.5. The first-order valence-electron chi connectivity index (χ1n) is 12.1. The molecule has 4 rings (SSSR count). The molecule has 10 heteroatoms. The number of fused-ring (bicyclic) bond motifs is 1. The van der Waals surface area contributed by atoms with Gasteiger partial charge in [-0.1, -0.05) is 44.5 Å². The first kappa shape index (κ1) is 27.3. The number of ketones is 1. The standard InChI is InChI=1S/C27H30F2N2O4S2/c1-4-17(2)25-24-23(16-31(25)15-19-5-10-20(11-6-19)35-27(28)29)36-26(30-24)22(32)14-9-18-7-12-21(13-8-18)37(3,33)34/h5-8,10-13,17,25,27H,4,9,14-16H2,1-3H3/t17-,25-/m0/s1. The van der Waals surface area contributed by atoms with Crippen LogP contribution in [0.3, 0.4) is 0 Å². The maximum atomic E-state index is 12.9. The van der Waals surface area contributed by atoms with Crippen molar-refractivity contribution in [2.45, 2.75) is 63.7 Å². The van der Waals surface area contributed by atoms with Crippen molar-refractivity contribution in [1.29, 1.82) is 0 Å². The highest BCUT2D eigenvalue weighted by Gasteiger charge is 2.37. The third-order valence-corrected chi connectivity index (χ3v) is 8.92. The molecule has 0 radical (unpaired) electrons. The minimum Gasteiger partial charge on any atom is -0.435 e.